The van der Waals surface area contributed by atoms with Gasteiger partial charge in [0, 0.05) is 45.5 Å². The van der Waals surface area contributed by atoms with Gasteiger partial charge in [0.2, 0.25) is 10.0 Å². The van der Waals surface area contributed by atoms with E-state index in [-0.39, 0.29) is 25.5 Å². The Bertz CT molecular complexity index is 861. The van der Waals surface area contributed by atoms with Crippen molar-refractivity contribution in [2.24, 2.45) is 0 Å². The van der Waals surface area contributed by atoms with Gasteiger partial charge in [-0.3, -0.25) is 4.79 Å². The average molecular weight is 374 g/mol. The van der Waals surface area contributed by atoms with Crippen LogP contribution in [0.4, 0.5) is 5.82 Å². The molecule has 0 spiro atoms. The summed E-state index contributed by atoms with van der Waals surface area (Å²) < 4.78 is 27.4. The van der Waals surface area contributed by atoms with Gasteiger partial charge in [-0.15, -0.1) is 0 Å². The number of sulfonamides is 1. The van der Waals surface area contributed by atoms with Gasteiger partial charge in [0.1, 0.15) is 11.1 Å². The maximum absolute atomic E-state index is 12.4. The predicted octanol–water partition coefficient (Wildman–Crippen LogP) is 1.09. The first kappa shape index (κ1) is 18.3. The summed E-state index contributed by atoms with van der Waals surface area (Å²) >= 11 is 0. The minimum absolute atomic E-state index is 0.138. The van der Waals surface area contributed by atoms with Gasteiger partial charge in [0.05, 0.1) is 0 Å². The van der Waals surface area contributed by atoms with Crippen molar-refractivity contribution in [2.75, 3.05) is 32.1 Å². The molecule has 0 unspecified atom stereocenters. The van der Waals surface area contributed by atoms with Crippen LogP contribution in [0.3, 0.4) is 0 Å². The SMILES string of the molecule is CN(C)c1ccc(CNS(=O)(=O)C2CN(C(=O)c3ccccc3)C2)cn1. The zero-order valence-corrected chi connectivity index (χ0v) is 15.6. The Morgan fingerprint density at radius 2 is 1.88 bits per heavy atom. The van der Waals surface area contributed by atoms with E-state index < -0.39 is 15.3 Å². The van der Waals surface area contributed by atoms with Crippen LogP contribution in [0.1, 0.15) is 15.9 Å². The van der Waals surface area contributed by atoms with E-state index in [0.717, 1.165) is 11.4 Å². The number of carbonyl (C=O) groups is 1. The highest BCUT2D eigenvalue weighted by molar-refractivity contribution is 7.90. The molecule has 1 fully saturated rings. The van der Waals surface area contributed by atoms with E-state index in [9.17, 15) is 13.2 Å². The van der Waals surface area contributed by atoms with Gasteiger partial charge < -0.3 is 9.80 Å². The van der Waals surface area contributed by atoms with Gasteiger partial charge in [0.15, 0.2) is 0 Å². The number of anilines is 1. The van der Waals surface area contributed by atoms with Crippen molar-refractivity contribution < 1.29 is 13.2 Å². The number of pyridine rings is 1. The largest absolute Gasteiger partial charge is 0.363 e. The van der Waals surface area contributed by atoms with Crippen molar-refractivity contribution in [1.82, 2.24) is 14.6 Å². The Kier molecular flexibility index (Phi) is 5.24. The summed E-state index contributed by atoms with van der Waals surface area (Å²) in [5.41, 5.74) is 1.36. The number of rotatable bonds is 6. The molecule has 2 aromatic rings. The minimum atomic E-state index is -3.48. The molecule has 3 rings (SSSR count). The maximum Gasteiger partial charge on any atom is 0.253 e. The lowest BCUT2D eigenvalue weighted by Gasteiger charge is -2.38. The number of nitrogens with zero attached hydrogens (tertiary/aromatic N) is 3. The second-order valence-electron chi connectivity index (χ2n) is 6.48. The summed E-state index contributed by atoms with van der Waals surface area (Å²) in [6.07, 6.45) is 1.66. The second kappa shape index (κ2) is 7.43. The molecule has 1 aromatic carbocycles. The summed E-state index contributed by atoms with van der Waals surface area (Å²) in [5.74, 6) is 0.672. The van der Waals surface area contributed by atoms with E-state index in [2.05, 4.69) is 9.71 Å². The van der Waals surface area contributed by atoms with Crippen molar-refractivity contribution in [2.45, 2.75) is 11.8 Å². The van der Waals surface area contributed by atoms with E-state index >= 15 is 0 Å². The average Bonchev–Trinajstić information content (AvgIpc) is 2.59. The highest BCUT2D eigenvalue weighted by Crippen LogP contribution is 2.19. The fourth-order valence-electron chi connectivity index (χ4n) is 2.65. The van der Waals surface area contributed by atoms with Crippen molar-refractivity contribution in [3.63, 3.8) is 0 Å². The quantitative estimate of drug-likeness (QED) is 0.819. The number of aromatic nitrogens is 1. The Morgan fingerprint density at radius 1 is 1.19 bits per heavy atom. The van der Waals surface area contributed by atoms with Crippen LogP contribution in [-0.2, 0) is 16.6 Å². The Morgan fingerprint density at radius 3 is 2.46 bits per heavy atom. The zero-order chi connectivity index (χ0) is 18.7. The molecule has 138 valence electrons. The summed E-state index contributed by atoms with van der Waals surface area (Å²) in [6.45, 7) is 0.605. The van der Waals surface area contributed by atoms with Crippen molar-refractivity contribution in [1.29, 1.82) is 0 Å². The van der Waals surface area contributed by atoms with Gasteiger partial charge in [-0.25, -0.2) is 18.1 Å². The molecule has 1 saturated heterocycles. The van der Waals surface area contributed by atoms with Crippen LogP contribution in [0.2, 0.25) is 0 Å². The first-order valence-corrected chi connectivity index (χ1v) is 9.86. The highest BCUT2D eigenvalue weighted by Gasteiger charge is 2.39. The van der Waals surface area contributed by atoms with Gasteiger partial charge in [-0.1, -0.05) is 24.3 Å². The predicted molar refractivity (Wildman–Crippen MR) is 100 cm³/mol. The molecular formula is C18H22N4O3S. The van der Waals surface area contributed by atoms with E-state index in [1.54, 1.807) is 35.4 Å². The Balaban J connectivity index is 1.53. The molecule has 1 aromatic heterocycles. The van der Waals surface area contributed by atoms with E-state index in [1.165, 1.54) is 0 Å². The number of amides is 1. The van der Waals surface area contributed by atoms with Crippen LogP contribution in [0.25, 0.3) is 0 Å². The summed E-state index contributed by atoms with van der Waals surface area (Å²) in [7, 11) is 0.306. The first-order chi connectivity index (χ1) is 12.4. The Labute approximate surface area is 153 Å². The van der Waals surface area contributed by atoms with Gasteiger partial charge in [-0.05, 0) is 23.8 Å². The molecule has 26 heavy (non-hydrogen) atoms. The number of likely N-dealkylation sites (tertiary alicyclic amines) is 1. The van der Waals surface area contributed by atoms with Crippen molar-refractivity contribution >= 4 is 21.7 Å². The minimum Gasteiger partial charge on any atom is -0.363 e. The van der Waals surface area contributed by atoms with Crippen LogP contribution >= 0.6 is 0 Å². The molecule has 2 heterocycles. The number of hydrogen-bond donors (Lipinski definition) is 1. The maximum atomic E-state index is 12.4. The van der Waals surface area contributed by atoms with Crippen LogP contribution in [0, 0.1) is 0 Å². The lowest BCUT2D eigenvalue weighted by Crippen LogP contribution is -2.59. The smallest absolute Gasteiger partial charge is 0.253 e. The third kappa shape index (κ3) is 4.03. The highest BCUT2D eigenvalue weighted by atomic mass is 32.2. The molecule has 1 aliphatic heterocycles. The van der Waals surface area contributed by atoms with Crippen molar-refractivity contribution in [3.8, 4) is 0 Å². The van der Waals surface area contributed by atoms with Crippen LogP contribution < -0.4 is 9.62 Å². The summed E-state index contributed by atoms with van der Waals surface area (Å²) in [5, 5.41) is -0.579. The van der Waals surface area contributed by atoms with Crippen LogP contribution in [0.15, 0.2) is 48.7 Å². The standard InChI is InChI=1S/C18H22N4O3S/c1-21(2)17-9-8-14(10-19-17)11-20-26(24,25)16-12-22(13-16)18(23)15-6-4-3-5-7-15/h3-10,16,20H,11-13H2,1-2H3. The molecule has 7 nitrogen and oxygen atoms in total. The Hall–Kier alpha value is -2.45. The second-order valence-corrected chi connectivity index (χ2v) is 8.53. The molecule has 0 saturated carbocycles. The van der Waals surface area contributed by atoms with E-state index in [4.69, 9.17) is 0 Å². The first-order valence-electron chi connectivity index (χ1n) is 8.32. The lowest BCUT2D eigenvalue weighted by molar-refractivity contribution is 0.0658. The molecule has 1 amide bonds. The van der Waals surface area contributed by atoms with E-state index in [1.807, 2.05) is 37.2 Å². The van der Waals surface area contributed by atoms with Crippen LogP contribution in [-0.4, -0.2) is 56.6 Å². The van der Waals surface area contributed by atoms with Crippen LogP contribution in [0.5, 0.6) is 0 Å². The monoisotopic (exact) mass is 374 g/mol. The zero-order valence-electron chi connectivity index (χ0n) is 14.8. The molecule has 8 heteroatoms. The number of hydrogen-bond acceptors (Lipinski definition) is 5. The van der Waals surface area contributed by atoms with E-state index in [0.29, 0.717) is 5.56 Å². The number of carbonyl (C=O) groups excluding carboxylic acids is 1. The molecule has 0 atom stereocenters. The fraction of sp³-hybridized carbons (Fsp3) is 0.333. The molecule has 1 N–H and O–H groups in total. The summed E-state index contributed by atoms with van der Waals surface area (Å²) in [4.78, 5) is 20.0. The van der Waals surface area contributed by atoms with Gasteiger partial charge in [0.25, 0.3) is 5.91 Å². The normalized spacial score (nSPS) is 14.8. The van der Waals surface area contributed by atoms with Crippen molar-refractivity contribution in [3.05, 3.63) is 59.8 Å². The van der Waals surface area contributed by atoms with Gasteiger partial charge in [-0.2, -0.15) is 0 Å². The molecule has 0 radical (unpaired) electrons. The third-order valence-electron chi connectivity index (χ3n) is 4.34. The van der Waals surface area contributed by atoms with Gasteiger partial charge >= 0.3 is 0 Å². The number of nitrogens with one attached hydrogen (secondary N) is 1. The third-order valence-corrected chi connectivity index (χ3v) is 6.06. The lowest BCUT2D eigenvalue weighted by atomic mass is 10.1. The topological polar surface area (TPSA) is 82.6 Å². The molecule has 0 bridgehead atoms. The molecular weight excluding hydrogens is 352 g/mol. The molecule has 0 aliphatic carbocycles. The number of benzene rings is 1. The molecule has 1 aliphatic rings. The summed E-state index contributed by atoms with van der Waals surface area (Å²) in [6, 6.07) is 12.6. The fourth-order valence-corrected chi connectivity index (χ4v) is 4.01.